The van der Waals surface area contributed by atoms with Gasteiger partial charge < -0.3 is 9.84 Å². The molecule has 1 aliphatic rings. The minimum Gasteiger partial charge on any atom is -0.508 e. The summed E-state index contributed by atoms with van der Waals surface area (Å²) in [6, 6.07) is 5.32. The van der Waals surface area contributed by atoms with E-state index < -0.39 is 0 Å². The maximum atomic E-state index is 9.41. The number of hydrogen-bond acceptors (Lipinski definition) is 2. The first-order valence-electron chi connectivity index (χ1n) is 10.1. The molecule has 0 aliphatic heterocycles. The quantitative estimate of drug-likeness (QED) is 0.345. The molecule has 171 valence electrons. The van der Waals surface area contributed by atoms with Gasteiger partial charge in [0.25, 0.3) is 0 Å². The fourth-order valence-electron chi connectivity index (χ4n) is 2.55. The summed E-state index contributed by atoms with van der Waals surface area (Å²) in [6.07, 6.45) is 5.85. The van der Waals surface area contributed by atoms with Crippen molar-refractivity contribution >= 4 is 28.6 Å². The molecule has 2 nitrogen and oxygen atoms in total. The van der Waals surface area contributed by atoms with Crippen LogP contribution < -0.4 is 4.74 Å². The molecule has 0 fully saturated rings. The summed E-state index contributed by atoms with van der Waals surface area (Å²) in [4.78, 5) is 0. The first-order valence-corrected chi connectivity index (χ1v) is 10.9. The molecule has 5 heteroatoms. The summed E-state index contributed by atoms with van der Waals surface area (Å²) in [5, 5.41) is 9.41. The minimum atomic E-state index is 0. The van der Waals surface area contributed by atoms with Gasteiger partial charge in [0.2, 0.25) is 0 Å². The maximum absolute atomic E-state index is 9.41. The van der Waals surface area contributed by atoms with Gasteiger partial charge in [0.15, 0.2) is 0 Å². The number of benzene rings is 1. The first-order chi connectivity index (χ1) is 12.9. The number of phenolic OH excluding ortho intramolecular Hbond substituents is 1. The molecule has 0 radical (unpaired) electrons. The summed E-state index contributed by atoms with van der Waals surface area (Å²) >= 11 is 2.19. The molecule has 0 amide bonds. The Kier molecular flexibility index (Phi) is 18.3. The third kappa shape index (κ3) is 12.4. The van der Waals surface area contributed by atoms with Crippen LogP contribution in [-0.2, 0) is 25.4 Å². The Morgan fingerprint density at radius 3 is 1.80 bits per heavy atom. The number of methoxy groups -OCH3 is 1. The SMILES string of the molecule is CC1=[C-]C(C)C(C)=C1C.CC[C](=[Ti+])CC.COc1cc(O)cc(C(C)(C)C)c1.Cl.Cl. The predicted molar refractivity (Wildman–Crippen MR) is 133 cm³/mol. The fourth-order valence-corrected chi connectivity index (χ4v) is 2.55. The number of ether oxygens (including phenoxy) is 1. The molecular weight excluding hydrogens is 451 g/mol. The van der Waals surface area contributed by atoms with Crippen LogP contribution in [0.4, 0.5) is 0 Å². The Hall–Kier alpha value is -0.536. The van der Waals surface area contributed by atoms with Gasteiger partial charge in [-0.15, -0.1) is 31.7 Å². The smallest absolute Gasteiger partial charge is 0.122 e. The van der Waals surface area contributed by atoms with E-state index in [4.69, 9.17) is 4.74 Å². The summed E-state index contributed by atoms with van der Waals surface area (Å²) in [5.74, 6) is 1.51. The molecule has 0 heterocycles. The molecule has 0 aromatic heterocycles. The molecule has 0 bridgehead atoms. The Balaban J connectivity index is -0.000000378. The van der Waals surface area contributed by atoms with E-state index in [1.54, 1.807) is 23.1 Å². The number of phenols is 1. The maximum Gasteiger partial charge on any atom is 0.122 e. The second-order valence-corrected chi connectivity index (χ2v) is 9.38. The van der Waals surface area contributed by atoms with E-state index in [0.717, 1.165) is 5.56 Å². The monoisotopic (exact) mass is 491 g/mol. The Morgan fingerprint density at radius 2 is 1.57 bits per heavy atom. The van der Waals surface area contributed by atoms with Crippen LogP contribution in [0.3, 0.4) is 0 Å². The number of hydrogen-bond donors (Lipinski definition) is 1. The van der Waals surface area contributed by atoms with Crippen LogP contribution in [0.5, 0.6) is 11.5 Å². The van der Waals surface area contributed by atoms with E-state index >= 15 is 0 Å². The largest absolute Gasteiger partial charge is 0.508 e. The van der Waals surface area contributed by atoms with Crippen molar-refractivity contribution in [2.45, 2.75) is 80.6 Å². The molecule has 1 N–H and O–H groups in total. The van der Waals surface area contributed by atoms with E-state index in [2.05, 4.69) is 88.4 Å². The van der Waals surface area contributed by atoms with Gasteiger partial charge in [-0.25, -0.2) is 5.57 Å². The van der Waals surface area contributed by atoms with Crippen LogP contribution in [-0.4, -0.2) is 16.0 Å². The van der Waals surface area contributed by atoms with Crippen LogP contribution >= 0.6 is 24.8 Å². The second kappa shape index (κ2) is 16.1. The Labute approximate surface area is 209 Å². The number of halogens is 2. The summed E-state index contributed by atoms with van der Waals surface area (Å²) in [6.45, 7) is 19.4. The molecule has 1 unspecified atom stereocenters. The van der Waals surface area contributed by atoms with Crippen molar-refractivity contribution in [1.29, 1.82) is 0 Å². The van der Waals surface area contributed by atoms with Gasteiger partial charge in [0.05, 0.1) is 7.11 Å². The molecule has 0 spiro atoms. The van der Waals surface area contributed by atoms with Gasteiger partial charge in [-0.3, -0.25) is 6.08 Å². The number of aromatic hydroxyl groups is 1. The molecular formula is C25H41Cl2O2Ti. The Morgan fingerprint density at radius 1 is 1.07 bits per heavy atom. The molecule has 1 atom stereocenters. The molecule has 0 saturated carbocycles. The fraction of sp³-hybridized carbons (Fsp3) is 0.560. The molecule has 30 heavy (non-hydrogen) atoms. The third-order valence-corrected chi connectivity index (χ3v) is 6.19. The van der Waals surface area contributed by atoms with Gasteiger partial charge in [-0.2, -0.15) is 11.1 Å². The van der Waals surface area contributed by atoms with E-state index in [9.17, 15) is 5.11 Å². The van der Waals surface area contributed by atoms with Crippen molar-refractivity contribution < 1.29 is 29.8 Å². The average Bonchev–Trinajstić information content (AvgIpc) is 2.86. The normalized spacial score (nSPS) is 14.8. The van der Waals surface area contributed by atoms with Crippen molar-refractivity contribution in [3.05, 3.63) is 46.6 Å². The minimum absolute atomic E-state index is 0. The van der Waals surface area contributed by atoms with Crippen molar-refractivity contribution in [3.8, 4) is 11.5 Å². The third-order valence-electron chi connectivity index (χ3n) is 5.08. The van der Waals surface area contributed by atoms with Crippen molar-refractivity contribution in [2.24, 2.45) is 5.92 Å². The van der Waals surface area contributed by atoms with Gasteiger partial charge >= 0.3 is 50.5 Å². The van der Waals surface area contributed by atoms with Crippen molar-refractivity contribution in [2.75, 3.05) is 7.11 Å². The zero-order valence-corrected chi connectivity index (χ0v) is 23.6. The second-order valence-electron chi connectivity index (χ2n) is 8.28. The predicted octanol–water partition coefficient (Wildman–Crippen LogP) is 7.79. The summed E-state index contributed by atoms with van der Waals surface area (Å²) in [5.41, 5.74) is 5.35. The standard InChI is InChI=1S/C11H16O2.C9H13.C5H10.2ClH.Ti/c1-11(2,3)8-5-9(12)7-10(6-8)13-4;1-6-5-7(2)9(4)8(6)3;1-3-5-4-2;;;/h5-7,12H,1-4H3;6H,1-4H3;3-4H2,1-2H3;2*1H;/q;-1;;;;+1. The van der Waals surface area contributed by atoms with Crippen LogP contribution in [0, 0.1) is 12.0 Å². The zero-order chi connectivity index (χ0) is 22.1. The van der Waals surface area contributed by atoms with Crippen LogP contribution in [0.25, 0.3) is 0 Å². The van der Waals surface area contributed by atoms with Crippen LogP contribution in [0.2, 0.25) is 0 Å². The van der Waals surface area contributed by atoms with Crippen molar-refractivity contribution in [3.63, 3.8) is 0 Å². The van der Waals surface area contributed by atoms with Crippen LogP contribution in [0.15, 0.2) is 34.9 Å². The molecule has 2 rings (SSSR count). The summed E-state index contributed by atoms with van der Waals surface area (Å²) in [7, 11) is 1.60. The van der Waals surface area contributed by atoms with E-state index in [1.165, 1.54) is 29.6 Å². The van der Waals surface area contributed by atoms with Crippen LogP contribution in [0.1, 0.15) is 80.7 Å². The van der Waals surface area contributed by atoms with E-state index in [-0.39, 0.29) is 36.0 Å². The summed E-state index contributed by atoms with van der Waals surface area (Å²) < 4.78 is 6.66. The average molecular weight is 492 g/mol. The Bertz CT molecular complexity index is 710. The van der Waals surface area contributed by atoms with Gasteiger partial charge in [-0.05, 0) is 23.1 Å². The van der Waals surface area contributed by atoms with Gasteiger partial charge in [0, 0.05) is 6.07 Å². The molecule has 1 aromatic carbocycles. The number of rotatable bonds is 3. The molecule has 1 aromatic rings. The zero-order valence-electron chi connectivity index (χ0n) is 20.4. The topological polar surface area (TPSA) is 29.5 Å². The molecule has 1 aliphatic carbocycles. The van der Waals surface area contributed by atoms with Crippen molar-refractivity contribution in [1.82, 2.24) is 0 Å². The van der Waals surface area contributed by atoms with Gasteiger partial charge in [0.1, 0.15) is 11.5 Å². The van der Waals surface area contributed by atoms with Gasteiger partial charge in [-0.1, -0.05) is 47.5 Å². The van der Waals surface area contributed by atoms with E-state index in [0.29, 0.717) is 11.7 Å². The number of allylic oxidation sites excluding steroid dienone is 4. The first kappa shape index (κ1) is 34.1. The van der Waals surface area contributed by atoms with E-state index in [1.807, 2.05) is 6.07 Å². The molecule has 0 saturated heterocycles.